The summed E-state index contributed by atoms with van der Waals surface area (Å²) in [6.07, 6.45) is 3.51. The van der Waals surface area contributed by atoms with Gasteiger partial charge in [0.05, 0.1) is 19.0 Å². The van der Waals surface area contributed by atoms with Crippen molar-refractivity contribution in [2.24, 2.45) is 5.10 Å². The summed E-state index contributed by atoms with van der Waals surface area (Å²) in [5, 5.41) is 4.71. The molecule has 1 N–H and O–H groups in total. The first-order valence-electron chi connectivity index (χ1n) is 7.58. The predicted octanol–water partition coefficient (Wildman–Crippen LogP) is 3.90. The fraction of sp³-hybridized carbons (Fsp3) is 0.0526. The van der Waals surface area contributed by atoms with Gasteiger partial charge in [-0.2, -0.15) is 5.10 Å². The molecule has 0 fully saturated rings. The van der Waals surface area contributed by atoms with Crippen LogP contribution in [0.15, 0.2) is 72.0 Å². The van der Waals surface area contributed by atoms with Crippen LogP contribution in [0, 0.1) is 0 Å². The van der Waals surface area contributed by atoms with Crippen molar-refractivity contribution in [1.82, 2.24) is 9.99 Å². The fourth-order valence-electron chi connectivity index (χ4n) is 2.30. The zero-order valence-electron chi connectivity index (χ0n) is 13.5. The minimum Gasteiger partial charge on any atom is -0.497 e. The van der Waals surface area contributed by atoms with Crippen LogP contribution in [-0.2, 0) is 0 Å². The van der Waals surface area contributed by atoms with Gasteiger partial charge >= 0.3 is 0 Å². The Bertz CT molecular complexity index is 884. The molecule has 0 unspecified atom stereocenters. The van der Waals surface area contributed by atoms with Gasteiger partial charge in [-0.1, -0.05) is 11.6 Å². The Kier molecular flexibility index (Phi) is 5.16. The first-order valence-corrected chi connectivity index (χ1v) is 7.96. The molecule has 0 bridgehead atoms. The van der Waals surface area contributed by atoms with E-state index in [0.717, 1.165) is 11.4 Å². The standard InChI is InChI=1S/C19H16ClN3O2/c1-25-18-10-4-14(5-11-18)19(24)22-21-13-17-3-2-12-23(17)16-8-6-15(20)7-9-16/h2-13H,1H3,(H,22,24). The van der Waals surface area contributed by atoms with Crippen molar-refractivity contribution in [3.8, 4) is 11.4 Å². The summed E-state index contributed by atoms with van der Waals surface area (Å²) in [5.74, 6) is 0.407. The SMILES string of the molecule is COc1ccc(C(=O)NN=Cc2cccn2-c2ccc(Cl)cc2)cc1. The summed E-state index contributed by atoms with van der Waals surface area (Å²) in [6, 6.07) is 18.1. The molecule has 0 atom stereocenters. The molecular formula is C19H16ClN3O2. The van der Waals surface area contributed by atoms with E-state index in [9.17, 15) is 4.79 Å². The molecule has 0 saturated heterocycles. The van der Waals surface area contributed by atoms with Crippen LogP contribution in [0.3, 0.4) is 0 Å². The normalized spacial score (nSPS) is 10.8. The van der Waals surface area contributed by atoms with Crippen molar-refractivity contribution in [2.45, 2.75) is 0 Å². The van der Waals surface area contributed by atoms with Crippen LogP contribution >= 0.6 is 11.6 Å². The number of halogens is 1. The lowest BCUT2D eigenvalue weighted by molar-refractivity contribution is 0.0955. The van der Waals surface area contributed by atoms with E-state index in [-0.39, 0.29) is 5.91 Å². The van der Waals surface area contributed by atoms with Crippen LogP contribution in [0.2, 0.25) is 5.02 Å². The molecule has 0 spiro atoms. The van der Waals surface area contributed by atoms with E-state index in [2.05, 4.69) is 10.5 Å². The van der Waals surface area contributed by atoms with Gasteiger partial charge < -0.3 is 9.30 Å². The Balaban J connectivity index is 1.69. The van der Waals surface area contributed by atoms with Crippen LogP contribution in [0.4, 0.5) is 0 Å². The summed E-state index contributed by atoms with van der Waals surface area (Å²) < 4.78 is 7.01. The predicted molar refractivity (Wildman–Crippen MR) is 98.8 cm³/mol. The van der Waals surface area contributed by atoms with E-state index >= 15 is 0 Å². The molecule has 3 aromatic rings. The van der Waals surface area contributed by atoms with Crippen molar-refractivity contribution in [3.63, 3.8) is 0 Å². The highest BCUT2D eigenvalue weighted by atomic mass is 35.5. The zero-order valence-corrected chi connectivity index (χ0v) is 14.3. The van der Waals surface area contributed by atoms with Gasteiger partial charge in [0.25, 0.3) is 5.91 Å². The molecule has 0 saturated carbocycles. The average molecular weight is 354 g/mol. The molecule has 1 heterocycles. The highest BCUT2D eigenvalue weighted by Crippen LogP contribution is 2.15. The second-order valence-electron chi connectivity index (χ2n) is 5.21. The van der Waals surface area contributed by atoms with Crippen molar-refractivity contribution >= 4 is 23.7 Å². The van der Waals surface area contributed by atoms with Crippen LogP contribution in [-0.4, -0.2) is 23.8 Å². The third kappa shape index (κ3) is 4.08. The maximum atomic E-state index is 12.1. The number of methoxy groups -OCH3 is 1. The molecule has 0 aliphatic rings. The third-order valence-corrected chi connectivity index (χ3v) is 3.85. The first kappa shape index (κ1) is 16.8. The number of rotatable bonds is 5. The Labute approximate surface area is 150 Å². The number of hydrogen-bond donors (Lipinski definition) is 1. The van der Waals surface area contributed by atoms with Gasteiger partial charge in [0.2, 0.25) is 0 Å². The lowest BCUT2D eigenvalue weighted by atomic mass is 10.2. The number of aromatic nitrogens is 1. The van der Waals surface area contributed by atoms with Gasteiger partial charge in [-0.25, -0.2) is 5.43 Å². The third-order valence-electron chi connectivity index (χ3n) is 3.60. The van der Waals surface area contributed by atoms with Gasteiger partial charge in [0.1, 0.15) is 5.75 Å². The quantitative estimate of drug-likeness (QED) is 0.558. The minimum absolute atomic E-state index is 0.288. The van der Waals surface area contributed by atoms with Gasteiger partial charge in [0, 0.05) is 22.5 Å². The van der Waals surface area contributed by atoms with Gasteiger partial charge in [-0.3, -0.25) is 4.79 Å². The summed E-state index contributed by atoms with van der Waals surface area (Å²) >= 11 is 5.92. The molecular weight excluding hydrogens is 338 g/mol. The van der Waals surface area contributed by atoms with E-state index in [1.165, 1.54) is 0 Å². The molecule has 2 aromatic carbocycles. The van der Waals surface area contributed by atoms with Crippen LogP contribution < -0.4 is 10.2 Å². The van der Waals surface area contributed by atoms with Crippen LogP contribution in [0.5, 0.6) is 5.75 Å². The molecule has 0 aliphatic carbocycles. The highest BCUT2D eigenvalue weighted by molar-refractivity contribution is 6.30. The summed E-state index contributed by atoms with van der Waals surface area (Å²) in [7, 11) is 1.58. The van der Waals surface area contributed by atoms with Crippen molar-refractivity contribution in [3.05, 3.63) is 83.1 Å². The largest absolute Gasteiger partial charge is 0.497 e. The Hall–Kier alpha value is -3.05. The van der Waals surface area contributed by atoms with E-state index in [1.807, 2.05) is 47.2 Å². The molecule has 3 rings (SSSR count). The molecule has 1 aromatic heterocycles. The van der Waals surface area contributed by atoms with Crippen molar-refractivity contribution in [2.75, 3.05) is 7.11 Å². The van der Waals surface area contributed by atoms with Crippen LogP contribution in [0.25, 0.3) is 5.69 Å². The molecule has 126 valence electrons. The average Bonchev–Trinajstić information content (AvgIpc) is 3.11. The fourth-order valence-corrected chi connectivity index (χ4v) is 2.43. The lowest BCUT2D eigenvalue weighted by Gasteiger charge is -2.06. The maximum absolute atomic E-state index is 12.1. The van der Waals surface area contributed by atoms with E-state index < -0.39 is 0 Å². The molecule has 1 amide bonds. The van der Waals surface area contributed by atoms with E-state index in [4.69, 9.17) is 16.3 Å². The maximum Gasteiger partial charge on any atom is 0.271 e. The minimum atomic E-state index is -0.288. The van der Waals surface area contributed by atoms with E-state index in [1.54, 1.807) is 37.6 Å². The number of carbonyl (C=O) groups is 1. The van der Waals surface area contributed by atoms with Crippen LogP contribution in [0.1, 0.15) is 16.1 Å². The first-order chi connectivity index (χ1) is 12.2. The summed E-state index contributed by atoms with van der Waals surface area (Å²) in [4.78, 5) is 12.1. The second-order valence-corrected chi connectivity index (χ2v) is 5.64. The number of carbonyl (C=O) groups excluding carboxylic acids is 1. The lowest BCUT2D eigenvalue weighted by Crippen LogP contribution is -2.17. The number of nitrogens with one attached hydrogen (secondary N) is 1. The van der Waals surface area contributed by atoms with Gasteiger partial charge in [-0.05, 0) is 60.7 Å². The summed E-state index contributed by atoms with van der Waals surface area (Å²) in [6.45, 7) is 0. The zero-order chi connectivity index (χ0) is 17.6. The number of amides is 1. The Morgan fingerprint density at radius 1 is 1.12 bits per heavy atom. The van der Waals surface area contributed by atoms with Gasteiger partial charge in [-0.15, -0.1) is 0 Å². The molecule has 0 aliphatic heterocycles. The molecule has 6 heteroatoms. The second kappa shape index (κ2) is 7.68. The van der Waals surface area contributed by atoms with Crippen molar-refractivity contribution < 1.29 is 9.53 Å². The molecule has 0 radical (unpaired) electrons. The number of ether oxygens (including phenoxy) is 1. The topological polar surface area (TPSA) is 55.6 Å². The number of nitrogens with zero attached hydrogens (tertiary/aromatic N) is 2. The molecule has 25 heavy (non-hydrogen) atoms. The monoisotopic (exact) mass is 353 g/mol. The number of benzene rings is 2. The van der Waals surface area contributed by atoms with E-state index in [0.29, 0.717) is 16.3 Å². The van der Waals surface area contributed by atoms with Crippen molar-refractivity contribution in [1.29, 1.82) is 0 Å². The Morgan fingerprint density at radius 2 is 1.84 bits per heavy atom. The number of hydrogen-bond acceptors (Lipinski definition) is 3. The molecule has 5 nitrogen and oxygen atoms in total. The highest BCUT2D eigenvalue weighted by Gasteiger charge is 2.05. The van der Waals surface area contributed by atoms with Gasteiger partial charge in [0.15, 0.2) is 0 Å². The Morgan fingerprint density at radius 3 is 2.52 bits per heavy atom. The number of hydrazone groups is 1. The summed E-state index contributed by atoms with van der Waals surface area (Å²) in [5.41, 5.74) is 4.81. The smallest absolute Gasteiger partial charge is 0.271 e.